The fraction of sp³-hybridized carbons (Fsp3) is 0.500. The van der Waals surface area contributed by atoms with Crippen LogP contribution in [0.1, 0.15) is 6.23 Å². The van der Waals surface area contributed by atoms with Gasteiger partial charge in [0.25, 0.3) is 0 Å². The molecule has 0 saturated carbocycles. The van der Waals surface area contributed by atoms with Gasteiger partial charge in [-0.2, -0.15) is 0 Å². The molecule has 162 valence electrons. The SMILES string of the molecule is Nc1ncnc2c1nc(SCC(=O)C(=O)CBr)n2[C@@H]1O[C@@H]2COP(=O)(O)O[C@H]2[C@H]1O. The van der Waals surface area contributed by atoms with Crippen molar-refractivity contribution < 1.29 is 37.9 Å². The van der Waals surface area contributed by atoms with E-state index in [0.29, 0.717) is 0 Å². The van der Waals surface area contributed by atoms with Crippen molar-refractivity contribution in [1.82, 2.24) is 19.5 Å². The van der Waals surface area contributed by atoms with E-state index in [4.69, 9.17) is 19.5 Å². The number of ketones is 2. The van der Waals surface area contributed by atoms with Crippen LogP contribution in [0.4, 0.5) is 5.82 Å². The summed E-state index contributed by atoms with van der Waals surface area (Å²) in [6, 6.07) is 0. The van der Waals surface area contributed by atoms with Crippen LogP contribution in [0.3, 0.4) is 0 Å². The summed E-state index contributed by atoms with van der Waals surface area (Å²) in [6.45, 7) is -0.267. The number of Topliss-reactive ketones (excluding diaryl/α,β-unsaturated/α-hetero) is 2. The zero-order valence-electron chi connectivity index (χ0n) is 15.0. The van der Waals surface area contributed by atoms with Crippen LogP contribution in [-0.2, 0) is 27.9 Å². The van der Waals surface area contributed by atoms with Crippen LogP contribution in [0.25, 0.3) is 11.2 Å². The number of hydrogen-bond donors (Lipinski definition) is 3. The highest BCUT2D eigenvalue weighted by Gasteiger charge is 2.53. The van der Waals surface area contributed by atoms with Crippen LogP contribution < -0.4 is 5.73 Å². The molecule has 0 aromatic carbocycles. The van der Waals surface area contributed by atoms with E-state index in [1.807, 2.05) is 0 Å². The molecule has 2 aromatic rings. The zero-order valence-corrected chi connectivity index (χ0v) is 18.2. The van der Waals surface area contributed by atoms with Gasteiger partial charge < -0.3 is 20.5 Å². The van der Waals surface area contributed by atoms with Crippen LogP contribution in [0.5, 0.6) is 0 Å². The summed E-state index contributed by atoms with van der Waals surface area (Å²) in [5.74, 6) is -1.39. The molecule has 2 fully saturated rings. The average molecular weight is 524 g/mol. The lowest BCUT2D eigenvalue weighted by Gasteiger charge is -2.27. The predicted molar refractivity (Wildman–Crippen MR) is 105 cm³/mol. The molecule has 16 heteroatoms. The monoisotopic (exact) mass is 523 g/mol. The molecule has 4 heterocycles. The lowest BCUT2D eigenvalue weighted by Crippen LogP contribution is -2.39. The van der Waals surface area contributed by atoms with Gasteiger partial charge in [0.05, 0.1) is 17.7 Å². The van der Waals surface area contributed by atoms with Gasteiger partial charge in [-0.1, -0.05) is 27.7 Å². The summed E-state index contributed by atoms with van der Waals surface area (Å²) >= 11 is 3.87. The van der Waals surface area contributed by atoms with Gasteiger partial charge >= 0.3 is 7.82 Å². The fourth-order valence-corrected chi connectivity index (χ4v) is 5.26. The van der Waals surface area contributed by atoms with Gasteiger partial charge in [-0.3, -0.25) is 23.2 Å². The van der Waals surface area contributed by atoms with Crippen LogP contribution in [0.15, 0.2) is 11.5 Å². The number of aromatic nitrogens is 4. The van der Waals surface area contributed by atoms with Gasteiger partial charge in [-0.15, -0.1) is 0 Å². The molecule has 0 bridgehead atoms. The Balaban J connectivity index is 1.70. The summed E-state index contributed by atoms with van der Waals surface area (Å²) in [7, 11) is -4.31. The zero-order chi connectivity index (χ0) is 21.6. The fourth-order valence-electron chi connectivity index (χ4n) is 3.07. The van der Waals surface area contributed by atoms with E-state index in [1.54, 1.807) is 0 Å². The van der Waals surface area contributed by atoms with E-state index in [2.05, 4.69) is 30.9 Å². The minimum atomic E-state index is -4.31. The second kappa shape index (κ2) is 8.24. The van der Waals surface area contributed by atoms with Gasteiger partial charge in [-0.05, 0) is 0 Å². The number of rotatable bonds is 6. The summed E-state index contributed by atoms with van der Waals surface area (Å²) in [5.41, 5.74) is 6.28. The van der Waals surface area contributed by atoms with Crippen molar-refractivity contribution in [3.05, 3.63) is 6.33 Å². The molecule has 13 nitrogen and oxygen atoms in total. The molecule has 2 aromatic heterocycles. The number of anilines is 1. The number of phosphoric acid groups is 1. The van der Waals surface area contributed by atoms with Crippen molar-refractivity contribution in [3.63, 3.8) is 0 Å². The number of nitrogen functional groups attached to an aromatic ring is 1. The number of hydrogen-bond acceptors (Lipinski definition) is 12. The van der Waals surface area contributed by atoms with Crippen molar-refractivity contribution in [3.8, 4) is 0 Å². The maximum Gasteiger partial charge on any atom is 0.472 e. The molecule has 0 amide bonds. The minimum Gasteiger partial charge on any atom is -0.386 e. The lowest BCUT2D eigenvalue weighted by atomic mass is 10.1. The third kappa shape index (κ3) is 3.91. The average Bonchev–Trinajstić information content (AvgIpc) is 3.23. The highest BCUT2D eigenvalue weighted by atomic mass is 79.9. The van der Waals surface area contributed by atoms with Crippen molar-refractivity contribution in [2.45, 2.75) is 29.7 Å². The minimum absolute atomic E-state index is 0.0628. The number of nitrogens with two attached hydrogens (primary N) is 1. The topological polar surface area (TPSA) is 189 Å². The molecule has 0 aliphatic carbocycles. The molecular weight excluding hydrogens is 509 g/mol. The lowest BCUT2D eigenvalue weighted by molar-refractivity contribution is -0.133. The van der Waals surface area contributed by atoms with E-state index in [9.17, 15) is 24.2 Å². The van der Waals surface area contributed by atoms with Crippen molar-refractivity contribution in [1.29, 1.82) is 0 Å². The molecule has 0 spiro atoms. The number of ether oxygens (including phenoxy) is 1. The van der Waals surface area contributed by atoms with Crippen molar-refractivity contribution in [2.24, 2.45) is 0 Å². The summed E-state index contributed by atoms with van der Waals surface area (Å²) in [5, 5.41) is 10.8. The summed E-state index contributed by atoms with van der Waals surface area (Å²) in [4.78, 5) is 45.4. The third-order valence-electron chi connectivity index (χ3n) is 4.46. The Labute approximate surface area is 181 Å². The largest absolute Gasteiger partial charge is 0.472 e. The van der Waals surface area contributed by atoms with Gasteiger partial charge in [0, 0.05) is 0 Å². The Morgan fingerprint density at radius 3 is 2.90 bits per heavy atom. The smallest absolute Gasteiger partial charge is 0.386 e. The molecule has 4 rings (SSSR count). The number of fused-ring (bicyclic) bond motifs is 2. The van der Waals surface area contributed by atoms with E-state index in [-0.39, 0.29) is 39.8 Å². The van der Waals surface area contributed by atoms with Crippen LogP contribution in [0, 0.1) is 0 Å². The summed E-state index contributed by atoms with van der Waals surface area (Å²) < 4.78 is 28.6. The van der Waals surface area contributed by atoms with E-state index < -0.39 is 43.9 Å². The first-order valence-corrected chi connectivity index (χ1v) is 12.0. The molecular formula is C14H15BrN5O8PS. The number of imidazole rings is 1. The van der Waals surface area contributed by atoms with Crippen molar-refractivity contribution >= 4 is 64.1 Å². The second-order valence-electron chi connectivity index (χ2n) is 6.35. The first kappa shape index (κ1) is 21.8. The van der Waals surface area contributed by atoms with Crippen molar-refractivity contribution in [2.75, 3.05) is 23.4 Å². The maximum absolute atomic E-state index is 11.9. The number of carbonyl (C=O) groups is 2. The number of halogens is 1. The predicted octanol–water partition coefficient (Wildman–Crippen LogP) is -0.192. The molecule has 2 saturated heterocycles. The third-order valence-corrected chi connectivity index (χ3v) is 6.91. The number of phosphoric ester groups is 1. The molecule has 5 atom stereocenters. The van der Waals surface area contributed by atoms with Crippen LogP contribution in [0.2, 0.25) is 0 Å². The highest BCUT2D eigenvalue weighted by molar-refractivity contribution is 9.09. The first-order chi connectivity index (χ1) is 14.2. The number of nitrogens with zero attached hydrogens (tertiary/aromatic N) is 4. The van der Waals surface area contributed by atoms with Gasteiger partial charge in [0.2, 0.25) is 11.6 Å². The quantitative estimate of drug-likeness (QED) is 0.195. The molecule has 2 aliphatic heterocycles. The second-order valence-corrected chi connectivity index (χ2v) is 9.26. The molecule has 30 heavy (non-hydrogen) atoms. The van der Waals surface area contributed by atoms with Gasteiger partial charge in [-0.25, -0.2) is 19.5 Å². The van der Waals surface area contributed by atoms with E-state index in [1.165, 1.54) is 10.9 Å². The molecule has 1 unspecified atom stereocenters. The number of carbonyl (C=O) groups excluding carboxylic acids is 2. The van der Waals surface area contributed by atoms with Crippen LogP contribution in [-0.4, -0.2) is 77.1 Å². The Bertz CT molecular complexity index is 1070. The Hall–Kier alpha value is -1.45. The molecule has 2 aliphatic rings. The Kier molecular flexibility index (Phi) is 5.98. The van der Waals surface area contributed by atoms with Gasteiger partial charge in [0.15, 0.2) is 28.4 Å². The van der Waals surface area contributed by atoms with E-state index >= 15 is 0 Å². The number of thioether (sulfide) groups is 1. The van der Waals surface area contributed by atoms with E-state index in [0.717, 1.165) is 11.8 Å². The standard InChI is InChI=1S/C14H15BrN5O8PS/c15-1-5(21)6(22)3-30-14-19-8-11(16)17-4-18-12(8)20(14)13-9(23)10-7(27-13)2-26-29(24,25)28-10/h4,7,9-10,13,23H,1-3H2,(H,24,25)(H2,16,17,18)/t7-,9-,10-,13-/m1/s1. The molecule has 0 radical (unpaired) electrons. The van der Waals surface area contributed by atoms with Gasteiger partial charge in [0.1, 0.15) is 24.6 Å². The first-order valence-electron chi connectivity index (χ1n) is 8.44. The Morgan fingerprint density at radius 2 is 2.17 bits per heavy atom. The Morgan fingerprint density at radius 1 is 1.40 bits per heavy atom. The number of aliphatic hydroxyl groups is 1. The number of aliphatic hydroxyl groups excluding tert-OH is 1. The maximum atomic E-state index is 11.9. The number of alkyl halides is 1. The molecule has 4 N–H and O–H groups in total. The highest BCUT2D eigenvalue weighted by Crippen LogP contribution is 2.53. The normalized spacial score (nSPS) is 31.0. The van der Waals surface area contributed by atoms with Crippen LogP contribution >= 0.6 is 35.5 Å². The summed E-state index contributed by atoms with van der Waals surface area (Å²) in [6.07, 6.45) is -3.28.